The number of carbonyl (C=O) groups is 4. The maximum Gasteiger partial charge on any atom is 0.472 e. The van der Waals surface area contributed by atoms with Crippen LogP contribution in [0, 0.1) is 5.41 Å². The number of amides is 1. The number of rotatable bonds is 44. The van der Waals surface area contributed by atoms with Crippen LogP contribution < -0.4 is 5.32 Å². The number of unbranched alkanes of at least 4 members (excludes halogenated alkanes) is 23. The second-order valence-electron chi connectivity index (χ2n) is 17.9. The molecule has 0 aromatic heterocycles. The highest BCUT2D eigenvalue weighted by molar-refractivity contribution is 7.47. The average molecular weight is 898 g/mol. The molecule has 0 aromatic rings. The van der Waals surface area contributed by atoms with Crippen molar-refractivity contribution in [2.24, 2.45) is 5.41 Å². The molecule has 0 fully saturated rings. The van der Waals surface area contributed by atoms with Gasteiger partial charge < -0.3 is 19.7 Å². The van der Waals surface area contributed by atoms with E-state index in [0.29, 0.717) is 12.8 Å². The largest absolute Gasteiger partial charge is 0.472 e. The minimum Gasteiger partial charge on any atom is -0.462 e. The average Bonchev–Trinajstić information content (AvgIpc) is 3.23. The van der Waals surface area contributed by atoms with Crippen LogP contribution in [0.1, 0.15) is 234 Å². The van der Waals surface area contributed by atoms with Crippen LogP contribution in [-0.4, -0.2) is 61.0 Å². The van der Waals surface area contributed by atoms with Crippen LogP contribution in [0.5, 0.6) is 0 Å². The van der Waals surface area contributed by atoms with Gasteiger partial charge in [0.1, 0.15) is 12.4 Å². The number of hydrogen-bond acceptors (Lipinski definition) is 9. The van der Waals surface area contributed by atoms with Crippen molar-refractivity contribution < 1.29 is 47.2 Å². The number of esters is 2. The molecule has 2 atom stereocenters. The highest BCUT2D eigenvalue weighted by Crippen LogP contribution is 2.43. The summed E-state index contributed by atoms with van der Waals surface area (Å²) in [5.41, 5.74) is -0.539. The van der Waals surface area contributed by atoms with E-state index >= 15 is 0 Å². The zero-order chi connectivity index (χ0) is 46.0. The molecule has 0 aliphatic heterocycles. The van der Waals surface area contributed by atoms with Gasteiger partial charge in [0.05, 0.1) is 13.2 Å². The molecule has 0 saturated carbocycles. The van der Waals surface area contributed by atoms with E-state index in [9.17, 15) is 28.6 Å². The van der Waals surface area contributed by atoms with Gasteiger partial charge >= 0.3 is 19.8 Å². The third kappa shape index (κ3) is 41.7. The van der Waals surface area contributed by atoms with Crippen LogP contribution in [0.2, 0.25) is 0 Å². The number of Topliss-reactive ketones (excluding diaryl/α,β-unsaturated/α-hetero) is 1. The second kappa shape index (κ2) is 41.4. The molecule has 0 aliphatic rings. The first-order valence-corrected chi connectivity index (χ1v) is 26.4. The van der Waals surface area contributed by atoms with Crippen molar-refractivity contribution >= 4 is 31.5 Å². The van der Waals surface area contributed by atoms with Crippen molar-refractivity contribution in [1.29, 1.82) is 0 Å². The van der Waals surface area contributed by atoms with Crippen LogP contribution in [0.25, 0.3) is 0 Å². The van der Waals surface area contributed by atoms with Crippen LogP contribution in [0.15, 0.2) is 24.3 Å². The molecule has 0 saturated heterocycles. The molecule has 1 amide bonds. The highest BCUT2D eigenvalue weighted by Gasteiger charge is 2.26. The smallest absolute Gasteiger partial charge is 0.462 e. The highest BCUT2D eigenvalue weighted by atomic mass is 31.2. The normalized spacial score (nSPS) is 13.4. The SMILES string of the molecule is CCCCCC/C=C\C/C=C\CCCCCCCC(=O)O[C@H](COC(=O)CCCCCCCCCCCCCCCCC)COP(=O)(O)OCCNC(=O)CCC(=O)C(C)(C)C. The van der Waals surface area contributed by atoms with E-state index in [1.807, 2.05) is 0 Å². The lowest BCUT2D eigenvalue weighted by molar-refractivity contribution is -0.161. The van der Waals surface area contributed by atoms with E-state index in [1.165, 1.54) is 96.3 Å². The van der Waals surface area contributed by atoms with E-state index in [2.05, 4.69) is 43.5 Å². The minimum absolute atomic E-state index is 0.00378. The lowest BCUT2D eigenvalue weighted by Crippen LogP contribution is -2.30. The Morgan fingerprint density at radius 3 is 1.52 bits per heavy atom. The van der Waals surface area contributed by atoms with Crippen molar-refractivity contribution in [1.82, 2.24) is 5.32 Å². The molecule has 1 unspecified atom stereocenters. The summed E-state index contributed by atoms with van der Waals surface area (Å²) in [6.45, 7) is 8.63. The summed E-state index contributed by atoms with van der Waals surface area (Å²) in [5, 5.41) is 2.55. The Kier molecular flexibility index (Phi) is 39.8. The molecule has 0 aromatic carbocycles. The summed E-state index contributed by atoms with van der Waals surface area (Å²) in [6.07, 6.45) is 39.9. The van der Waals surface area contributed by atoms with Crippen LogP contribution in [0.4, 0.5) is 0 Å². The van der Waals surface area contributed by atoms with Crippen molar-refractivity contribution in [3.8, 4) is 0 Å². The molecule has 0 bridgehead atoms. The van der Waals surface area contributed by atoms with Crippen LogP contribution >= 0.6 is 7.82 Å². The third-order valence-electron chi connectivity index (χ3n) is 10.8. The number of ketones is 1. The van der Waals surface area contributed by atoms with Gasteiger partial charge in [0.2, 0.25) is 5.91 Å². The van der Waals surface area contributed by atoms with Gasteiger partial charge in [-0.3, -0.25) is 28.2 Å². The van der Waals surface area contributed by atoms with E-state index in [1.54, 1.807) is 20.8 Å². The summed E-state index contributed by atoms with van der Waals surface area (Å²) in [6, 6.07) is 0. The Bertz CT molecular complexity index is 1230. The number of ether oxygens (including phenoxy) is 2. The van der Waals surface area contributed by atoms with Gasteiger partial charge in [-0.1, -0.05) is 187 Å². The molecule has 0 radical (unpaired) electrons. The Labute approximate surface area is 378 Å². The van der Waals surface area contributed by atoms with Crippen molar-refractivity contribution in [2.75, 3.05) is 26.4 Å². The number of hydrogen-bond donors (Lipinski definition) is 2. The molecule has 12 heteroatoms. The molecule has 2 N–H and O–H groups in total. The zero-order valence-electron chi connectivity index (χ0n) is 40.2. The lowest BCUT2D eigenvalue weighted by atomic mass is 9.88. The number of allylic oxidation sites excluding steroid dienone is 4. The van der Waals surface area contributed by atoms with Gasteiger partial charge in [0.25, 0.3) is 0 Å². The summed E-state index contributed by atoms with van der Waals surface area (Å²) in [5.74, 6) is -1.34. The van der Waals surface area contributed by atoms with E-state index in [-0.39, 0.29) is 57.1 Å². The Hall–Kier alpha value is -2.33. The zero-order valence-corrected chi connectivity index (χ0v) is 41.1. The number of phosphoric acid groups is 1. The summed E-state index contributed by atoms with van der Waals surface area (Å²) < 4.78 is 33.7. The third-order valence-corrected chi connectivity index (χ3v) is 11.8. The van der Waals surface area contributed by atoms with Crippen molar-refractivity contribution in [3.05, 3.63) is 24.3 Å². The topological polar surface area (TPSA) is 155 Å². The fourth-order valence-electron chi connectivity index (χ4n) is 6.77. The fraction of sp³-hybridized carbons (Fsp3) is 0.840. The predicted octanol–water partition coefficient (Wildman–Crippen LogP) is 13.6. The van der Waals surface area contributed by atoms with Gasteiger partial charge in [0.15, 0.2) is 6.10 Å². The lowest BCUT2D eigenvalue weighted by Gasteiger charge is -2.20. The molecule has 0 spiro atoms. The first-order valence-electron chi connectivity index (χ1n) is 24.9. The fourth-order valence-corrected chi connectivity index (χ4v) is 7.52. The molecule has 362 valence electrons. The molecule has 0 rings (SSSR count). The van der Waals surface area contributed by atoms with Gasteiger partial charge in [-0.25, -0.2) is 4.57 Å². The maximum atomic E-state index is 12.8. The molecule has 0 heterocycles. The molecule has 0 aliphatic carbocycles. The Morgan fingerprint density at radius 1 is 0.565 bits per heavy atom. The van der Waals surface area contributed by atoms with E-state index in [4.69, 9.17) is 18.5 Å². The standard InChI is InChI=1S/C50H92NO10P/c1-6-8-10-12-14-16-18-20-22-24-26-28-30-32-34-36-38-49(55)61-45(44-60-62(56,57)59-42-41-51-47(53)40-39-46(52)50(3,4)5)43-58-48(54)37-35-33-31-29-27-25-23-21-19-17-15-13-11-9-7-2/h16,18,22,24,45H,6-15,17,19-21,23,25-44H2,1-5H3,(H,51,53)(H,56,57)/b18-16-,24-22-/t45-/m1/s1. The maximum absolute atomic E-state index is 12.8. The second-order valence-corrected chi connectivity index (χ2v) is 19.4. The van der Waals surface area contributed by atoms with E-state index in [0.717, 1.165) is 64.2 Å². The van der Waals surface area contributed by atoms with Gasteiger partial charge in [-0.05, 0) is 44.9 Å². The van der Waals surface area contributed by atoms with Gasteiger partial charge in [0, 0.05) is 37.6 Å². The molecular weight excluding hydrogens is 806 g/mol. The van der Waals surface area contributed by atoms with Crippen LogP contribution in [0.3, 0.4) is 0 Å². The molecular formula is C50H92NO10P. The predicted molar refractivity (Wildman–Crippen MR) is 253 cm³/mol. The first kappa shape index (κ1) is 59.7. The first-order chi connectivity index (χ1) is 29.8. The summed E-state index contributed by atoms with van der Waals surface area (Å²) in [4.78, 5) is 59.8. The molecule has 11 nitrogen and oxygen atoms in total. The van der Waals surface area contributed by atoms with E-state index < -0.39 is 37.9 Å². The number of nitrogens with one attached hydrogen (secondary N) is 1. The van der Waals surface area contributed by atoms with Gasteiger partial charge in [-0.15, -0.1) is 0 Å². The molecule has 62 heavy (non-hydrogen) atoms. The quantitative estimate of drug-likeness (QED) is 0.0261. The Balaban J connectivity index is 4.60. The number of carbonyl (C=O) groups excluding carboxylic acids is 4. The number of phosphoric ester groups is 1. The van der Waals surface area contributed by atoms with Crippen molar-refractivity contribution in [3.63, 3.8) is 0 Å². The van der Waals surface area contributed by atoms with Crippen molar-refractivity contribution in [2.45, 2.75) is 240 Å². The van der Waals surface area contributed by atoms with Gasteiger partial charge in [-0.2, -0.15) is 0 Å². The Morgan fingerprint density at radius 2 is 1.02 bits per heavy atom. The van der Waals surface area contributed by atoms with Crippen LogP contribution in [-0.2, 0) is 42.3 Å². The minimum atomic E-state index is -4.60. The summed E-state index contributed by atoms with van der Waals surface area (Å²) in [7, 11) is -4.60. The monoisotopic (exact) mass is 898 g/mol. The summed E-state index contributed by atoms with van der Waals surface area (Å²) >= 11 is 0.